The molecule has 1 saturated carbocycles. The zero-order valence-corrected chi connectivity index (χ0v) is 6.51. The van der Waals surface area contributed by atoms with E-state index in [1.807, 2.05) is 0 Å². The van der Waals surface area contributed by atoms with Crippen LogP contribution in [0.3, 0.4) is 0 Å². The fraction of sp³-hybridized carbons (Fsp3) is 0.364. The molecule has 0 atom stereocenters. The summed E-state index contributed by atoms with van der Waals surface area (Å²) in [4.78, 5) is 0. The molecule has 2 aliphatic rings. The molecule has 0 amide bonds. The van der Waals surface area contributed by atoms with E-state index in [2.05, 4.69) is 30.7 Å². The van der Waals surface area contributed by atoms with Crippen LogP contribution in [0.25, 0.3) is 0 Å². The normalized spacial score (nSPS) is 23.6. The van der Waals surface area contributed by atoms with Crippen LogP contribution in [0, 0.1) is 11.8 Å². The monoisotopic (exact) mass is 143 g/mol. The van der Waals surface area contributed by atoms with Crippen molar-refractivity contribution >= 4 is 0 Å². The molecule has 0 bridgehead atoms. The van der Waals surface area contributed by atoms with Crippen molar-refractivity contribution in [2.45, 2.75) is 19.3 Å². The maximum atomic E-state index is 2.47. The van der Waals surface area contributed by atoms with Gasteiger partial charge in [-0.2, -0.15) is 0 Å². The molecule has 1 aromatic carbocycles. The third-order valence-corrected chi connectivity index (χ3v) is 2.95. The van der Waals surface area contributed by atoms with E-state index < -0.39 is 0 Å². The summed E-state index contributed by atoms with van der Waals surface area (Å²) in [6.45, 7) is 0. The molecule has 0 N–H and O–H groups in total. The number of benzene rings is 1. The van der Waals surface area contributed by atoms with Crippen LogP contribution in [0.1, 0.15) is 24.0 Å². The van der Waals surface area contributed by atoms with Crippen molar-refractivity contribution in [3.63, 3.8) is 0 Å². The molecule has 0 saturated heterocycles. The largest absolute Gasteiger partial charge is 0.0620 e. The quantitative estimate of drug-likeness (QED) is 0.523. The van der Waals surface area contributed by atoms with Crippen LogP contribution < -0.4 is 0 Å². The Morgan fingerprint density at radius 1 is 1.09 bits per heavy atom. The predicted octanol–water partition coefficient (Wildman–Crippen LogP) is 2.58. The van der Waals surface area contributed by atoms with Crippen LogP contribution >= 0.6 is 0 Å². The van der Waals surface area contributed by atoms with Crippen molar-refractivity contribution < 1.29 is 0 Å². The Morgan fingerprint density at radius 3 is 2.64 bits per heavy atom. The molecule has 2 aliphatic carbocycles. The van der Waals surface area contributed by atoms with E-state index in [0.717, 1.165) is 0 Å². The second-order valence-electron chi connectivity index (χ2n) is 3.88. The Hall–Kier alpha value is -0.780. The van der Waals surface area contributed by atoms with E-state index in [-0.39, 0.29) is 0 Å². The Labute approximate surface area is 67.2 Å². The summed E-state index contributed by atoms with van der Waals surface area (Å²) >= 11 is 0. The molecule has 0 heterocycles. The number of fused-ring (bicyclic) bond motifs is 1. The first kappa shape index (κ1) is 5.82. The van der Waals surface area contributed by atoms with Gasteiger partial charge in [-0.15, -0.1) is 0 Å². The van der Waals surface area contributed by atoms with Gasteiger partial charge in [0.05, 0.1) is 0 Å². The lowest BCUT2D eigenvalue weighted by atomic mass is 10.0. The highest BCUT2D eigenvalue weighted by Crippen LogP contribution is 2.56. The number of hydrogen-bond donors (Lipinski definition) is 0. The van der Waals surface area contributed by atoms with E-state index in [4.69, 9.17) is 0 Å². The average Bonchev–Trinajstić information content (AvgIpc) is 2.66. The van der Waals surface area contributed by atoms with Crippen molar-refractivity contribution in [1.82, 2.24) is 0 Å². The van der Waals surface area contributed by atoms with Gasteiger partial charge in [-0.05, 0) is 42.2 Å². The van der Waals surface area contributed by atoms with E-state index in [1.54, 1.807) is 5.56 Å². The van der Waals surface area contributed by atoms with Gasteiger partial charge in [0.1, 0.15) is 0 Å². The third-order valence-electron chi connectivity index (χ3n) is 2.95. The van der Waals surface area contributed by atoms with Gasteiger partial charge in [0.25, 0.3) is 0 Å². The van der Waals surface area contributed by atoms with Gasteiger partial charge in [-0.25, -0.2) is 0 Å². The minimum absolute atomic E-state index is 0.629. The SMILES string of the molecule is [CH]1c2ccccc2CC12CC2. The lowest BCUT2D eigenvalue weighted by molar-refractivity contribution is 0.647. The zero-order valence-electron chi connectivity index (χ0n) is 6.51. The fourth-order valence-corrected chi connectivity index (χ4v) is 2.08. The van der Waals surface area contributed by atoms with Crippen LogP contribution in [0.2, 0.25) is 0 Å². The first-order chi connectivity index (χ1) is 5.38. The van der Waals surface area contributed by atoms with E-state index in [0.29, 0.717) is 5.41 Å². The summed E-state index contributed by atoms with van der Waals surface area (Å²) in [5, 5.41) is 0. The van der Waals surface area contributed by atoms with Crippen molar-refractivity contribution in [2.24, 2.45) is 5.41 Å². The second-order valence-corrected chi connectivity index (χ2v) is 3.88. The molecule has 0 heteroatoms. The smallest absolute Gasteiger partial charge is 0.00250 e. The molecule has 1 spiro atoms. The molecule has 0 nitrogen and oxygen atoms in total. The highest BCUT2D eigenvalue weighted by molar-refractivity contribution is 5.44. The number of hydrogen-bond acceptors (Lipinski definition) is 0. The van der Waals surface area contributed by atoms with Crippen molar-refractivity contribution in [2.75, 3.05) is 0 Å². The average molecular weight is 143 g/mol. The van der Waals surface area contributed by atoms with Gasteiger partial charge >= 0.3 is 0 Å². The minimum Gasteiger partial charge on any atom is -0.0620 e. The summed E-state index contributed by atoms with van der Waals surface area (Å²) in [5.74, 6) is 0. The van der Waals surface area contributed by atoms with Crippen molar-refractivity contribution in [3.05, 3.63) is 41.8 Å². The molecule has 11 heavy (non-hydrogen) atoms. The summed E-state index contributed by atoms with van der Waals surface area (Å²) < 4.78 is 0. The summed E-state index contributed by atoms with van der Waals surface area (Å²) in [5.41, 5.74) is 3.68. The van der Waals surface area contributed by atoms with Crippen molar-refractivity contribution in [1.29, 1.82) is 0 Å². The standard InChI is InChI=1S/C11H11/c1-2-4-10-8-11(5-6-11)7-9(10)3-1/h1-4,7H,5-6,8H2. The third kappa shape index (κ3) is 0.756. The van der Waals surface area contributed by atoms with Gasteiger partial charge in [-0.1, -0.05) is 24.3 Å². The lowest BCUT2D eigenvalue weighted by Crippen LogP contribution is -1.94. The molecule has 0 unspecified atom stereocenters. The Morgan fingerprint density at radius 2 is 1.91 bits per heavy atom. The van der Waals surface area contributed by atoms with Crippen LogP contribution in [0.4, 0.5) is 0 Å². The molecule has 1 fully saturated rings. The Bertz CT molecular complexity index is 268. The van der Waals surface area contributed by atoms with Gasteiger partial charge in [0.2, 0.25) is 0 Å². The molecule has 1 radical (unpaired) electrons. The van der Waals surface area contributed by atoms with Crippen molar-refractivity contribution in [3.8, 4) is 0 Å². The summed E-state index contributed by atoms with van der Waals surface area (Å²) in [7, 11) is 0. The first-order valence-corrected chi connectivity index (χ1v) is 4.32. The van der Waals surface area contributed by atoms with Gasteiger partial charge in [-0.3, -0.25) is 0 Å². The van der Waals surface area contributed by atoms with Crippen LogP contribution in [0.15, 0.2) is 24.3 Å². The topological polar surface area (TPSA) is 0 Å². The molecule has 55 valence electrons. The van der Waals surface area contributed by atoms with Gasteiger partial charge in [0, 0.05) is 0 Å². The molecule has 3 rings (SSSR count). The summed E-state index contributed by atoms with van der Waals surface area (Å²) in [6, 6.07) is 8.78. The highest BCUT2D eigenvalue weighted by atomic mass is 14.5. The molecular weight excluding hydrogens is 132 g/mol. The summed E-state index contributed by atoms with van der Waals surface area (Å²) in [6.07, 6.45) is 6.62. The maximum Gasteiger partial charge on any atom is -0.00250 e. The highest BCUT2D eigenvalue weighted by Gasteiger charge is 2.46. The zero-order chi connectivity index (χ0) is 7.31. The Balaban J connectivity index is 2.08. The van der Waals surface area contributed by atoms with Crippen LogP contribution in [-0.2, 0) is 6.42 Å². The molecular formula is C11H11. The van der Waals surface area contributed by atoms with Crippen LogP contribution in [-0.4, -0.2) is 0 Å². The van der Waals surface area contributed by atoms with E-state index in [1.165, 1.54) is 24.8 Å². The lowest BCUT2D eigenvalue weighted by Gasteiger charge is -1.99. The van der Waals surface area contributed by atoms with E-state index in [9.17, 15) is 0 Å². The van der Waals surface area contributed by atoms with Gasteiger partial charge < -0.3 is 0 Å². The molecule has 0 aliphatic heterocycles. The van der Waals surface area contributed by atoms with Gasteiger partial charge in [0.15, 0.2) is 0 Å². The van der Waals surface area contributed by atoms with Crippen LogP contribution in [0.5, 0.6) is 0 Å². The fourth-order valence-electron chi connectivity index (χ4n) is 2.08. The predicted molar refractivity (Wildman–Crippen MR) is 45.2 cm³/mol. The number of rotatable bonds is 0. The second kappa shape index (κ2) is 1.69. The molecule has 0 aromatic heterocycles. The molecule has 1 aromatic rings. The van der Waals surface area contributed by atoms with E-state index >= 15 is 0 Å². The minimum atomic E-state index is 0.629. The first-order valence-electron chi connectivity index (χ1n) is 4.32. The maximum absolute atomic E-state index is 2.47. The Kier molecular flexibility index (Phi) is 0.892.